The second-order valence-electron chi connectivity index (χ2n) is 6.05. The third kappa shape index (κ3) is 4.10. The van der Waals surface area contributed by atoms with Gasteiger partial charge in [-0.15, -0.1) is 0 Å². The quantitative estimate of drug-likeness (QED) is 0.776. The minimum absolute atomic E-state index is 0.0288. The van der Waals surface area contributed by atoms with Crippen LogP contribution in [0.4, 0.5) is 5.69 Å². The van der Waals surface area contributed by atoms with Crippen molar-refractivity contribution >= 4 is 38.4 Å². The molecular weight excluding hydrogens is 346 g/mol. The molecular formula is C16H21N3O3S2. The van der Waals surface area contributed by atoms with Crippen molar-refractivity contribution in [1.29, 1.82) is 0 Å². The first-order valence-electron chi connectivity index (χ1n) is 8.07. The molecule has 8 heteroatoms. The Balaban J connectivity index is 1.57. The molecule has 0 aliphatic carbocycles. The summed E-state index contributed by atoms with van der Waals surface area (Å²) < 4.78 is 23.1. The van der Waals surface area contributed by atoms with Crippen LogP contribution < -0.4 is 10.6 Å². The number of nitrogens with zero attached hydrogens (tertiary/aromatic N) is 1. The predicted molar refractivity (Wildman–Crippen MR) is 98.6 cm³/mol. The highest BCUT2D eigenvalue weighted by Gasteiger charge is 2.42. The van der Waals surface area contributed by atoms with Crippen LogP contribution in [0.1, 0.15) is 30.1 Å². The summed E-state index contributed by atoms with van der Waals surface area (Å²) in [6.45, 7) is 2.77. The number of carbonyl (C=O) groups excluding carboxylic acids is 1. The van der Waals surface area contributed by atoms with Crippen LogP contribution in [0.15, 0.2) is 29.3 Å². The molecule has 0 unspecified atom stereocenters. The van der Waals surface area contributed by atoms with E-state index in [0.717, 1.165) is 23.7 Å². The number of amides is 1. The molecule has 0 aromatic heterocycles. The molecule has 1 aromatic carbocycles. The predicted octanol–water partition coefficient (Wildman–Crippen LogP) is 1.90. The Morgan fingerprint density at radius 1 is 1.29 bits per heavy atom. The molecule has 2 aliphatic heterocycles. The fourth-order valence-electron chi connectivity index (χ4n) is 2.73. The second kappa shape index (κ2) is 7.14. The van der Waals surface area contributed by atoms with E-state index in [1.54, 1.807) is 12.1 Å². The fourth-order valence-corrected chi connectivity index (χ4v) is 6.40. The molecule has 2 heterocycles. The topological polar surface area (TPSA) is 87.6 Å². The van der Waals surface area contributed by atoms with E-state index in [-0.39, 0.29) is 28.7 Å². The van der Waals surface area contributed by atoms with E-state index in [9.17, 15) is 13.2 Å². The van der Waals surface area contributed by atoms with Gasteiger partial charge in [-0.2, -0.15) is 0 Å². The van der Waals surface area contributed by atoms with Gasteiger partial charge >= 0.3 is 0 Å². The van der Waals surface area contributed by atoms with E-state index in [1.165, 1.54) is 11.8 Å². The lowest BCUT2D eigenvalue weighted by atomic mass is 10.2. The van der Waals surface area contributed by atoms with Crippen molar-refractivity contribution in [3.63, 3.8) is 0 Å². The molecule has 2 N–H and O–H groups in total. The number of sulfone groups is 1. The van der Waals surface area contributed by atoms with Crippen LogP contribution in [-0.4, -0.2) is 48.8 Å². The molecule has 6 nitrogen and oxygen atoms in total. The molecule has 2 atom stereocenters. The van der Waals surface area contributed by atoms with Gasteiger partial charge in [0.25, 0.3) is 5.91 Å². The van der Waals surface area contributed by atoms with Gasteiger partial charge in [0.05, 0.1) is 17.5 Å². The number of hydrogen-bond donors (Lipinski definition) is 2. The summed E-state index contributed by atoms with van der Waals surface area (Å²) in [5.41, 5.74) is 1.47. The molecule has 1 fully saturated rings. The summed E-state index contributed by atoms with van der Waals surface area (Å²) >= 11 is 1.48. The first kappa shape index (κ1) is 17.3. The van der Waals surface area contributed by atoms with Crippen LogP contribution in [0.2, 0.25) is 0 Å². The summed E-state index contributed by atoms with van der Waals surface area (Å²) in [4.78, 5) is 16.4. The Kier molecular flexibility index (Phi) is 5.15. The number of carbonyl (C=O) groups is 1. The van der Waals surface area contributed by atoms with Gasteiger partial charge in [0.15, 0.2) is 15.0 Å². The van der Waals surface area contributed by atoms with Crippen LogP contribution in [-0.2, 0) is 9.84 Å². The van der Waals surface area contributed by atoms with Gasteiger partial charge in [-0.1, -0.05) is 25.1 Å². The number of rotatable bonds is 5. The normalized spacial score (nSPS) is 24.3. The molecule has 0 bridgehead atoms. The third-order valence-corrected chi connectivity index (χ3v) is 7.17. The summed E-state index contributed by atoms with van der Waals surface area (Å²) in [6.07, 6.45) is 2.02. The van der Waals surface area contributed by atoms with Gasteiger partial charge < -0.3 is 10.6 Å². The maximum absolute atomic E-state index is 12.0. The molecule has 1 amide bonds. The van der Waals surface area contributed by atoms with Crippen molar-refractivity contribution in [2.45, 2.75) is 31.1 Å². The lowest BCUT2D eigenvalue weighted by Gasteiger charge is -2.08. The number of benzene rings is 1. The SMILES string of the molecule is CCCCNC(=O)c1ccc(NC2=N[C@H]3CS(=O)(=O)C[C@H]3S2)cc1. The van der Waals surface area contributed by atoms with Crippen LogP contribution in [0.5, 0.6) is 0 Å². The second-order valence-corrected chi connectivity index (χ2v) is 9.43. The molecule has 1 saturated heterocycles. The lowest BCUT2D eigenvalue weighted by Crippen LogP contribution is -2.24. The number of unbranched alkanes of at least 4 members (excludes halogenated alkanes) is 1. The van der Waals surface area contributed by atoms with Crippen LogP contribution in [0.25, 0.3) is 0 Å². The maximum atomic E-state index is 12.0. The third-order valence-electron chi connectivity index (χ3n) is 4.03. The molecule has 1 aromatic rings. The number of hydrogen-bond acceptors (Lipinski definition) is 6. The molecule has 130 valence electrons. The Hall–Kier alpha value is -1.54. The summed E-state index contributed by atoms with van der Waals surface area (Å²) in [5.74, 6) is 0.281. The number of anilines is 1. The van der Waals surface area contributed by atoms with Crippen molar-refractivity contribution in [3.05, 3.63) is 29.8 Å². The zero-order valence-electron chi connectivity index (χ0n) is 13.5. The van der Waals surface area contributed by atoms with Crippen LogP contribution >= 0.6 is 11.8 Å². The number of nitrogens with one attached hydrogen (secondary N) is 2. The van der Waals surface area contributed by atoms with Gasteiger partial charge in [0.2, 0.25) is 0 Å². The monoisotopic (exact) mass is 367 g/mol. The van der Waals surface area contributed by atoms with Crippen LogP contribution in [0.3, 0.4) is 0 Å². The first-order chi connectivity index (χ1) is 11.5. The van der Waals surface area contributed by atoms with Gasteiger partial charge in [0, 0.05) is 23.0 Å². The van der Waals surface area contributed by atoms with E-state index >= 15 is 0 Å². The average molecular weight is 367 g/mol. The highest BCUT2D eigenvalue weighted by atomic mass is 32.2. The van der Waals surface area contributed by atoms with Gasteiger partial charge in [-0.3, -0.25) is 9.79 Å². The highest BCUT2D eigenvalue weighted by Crippen LogP contribution is 2.34. The zero-order valence-corrected chi connectivity index (χ0v) is 15.1. The van der Waals surface area contributed by atoms with E-state index in [1.807, 2.05) is 12.1 Å². The van der Waals surface area contributed by atoms with E-state index in [2.05, 4.69) is 22.5 Å². The Labute approximate surface area is 146 Å². The lowest BCUT2D eigenvalue weighted by molar-refractivity contribution is 0.0953. The van der Waals surface area contributed by atoms with Gasteiger partial charge in [-0.25, -0.2) is 8.42 Å². The minimum atomic E-state index is -2.93. The number of amidine groups is 1. The number of aliphatic imine (C=N–C) groups is 1. The molecule has 24 heavy (non-hydrogen) atoms. The van der Waals surface area contributed by atoms with Crippen molar-refractivity contribution in [3.8, 4) is 0 Å². The first-order valence-corrected chi connectivity index (χ1v) is 10.8. The zero-order chi connectivity index (χ0) is 17.2. The van der Waals surface area contributed by atoms with Gasteiger partial charge in [-0.05, 0) is 30.7 Å². The molecule has 0 radical (unpaired) electrons. The van der Waals surface area contributed by atoms with E-state index < -0.39 is 9.84 Å². The highest BCUT2D eigenvalue weighted by molar-refractivity contribution is 8.15. The Morgan fingerprint density at radius 2 is 2.04 bits per heavy atom. The van der Waals surface area contributed by atoms with Crippen molar-refractivity contribution in [1.82, 2.24) is 5.32 Å². The number of thioether (sulfide) groups is 1. The van der Waals surface area contributed by atoms with Crippen molar-refractivity contribution in [2.75, 3.05) is 23.4 Å². The molecule has 3 rings (SSSR count). The van der Waals surface area contributed by atoms with Crippen molar-refractivity contribution < 1.29 is 13.2 Å². The van der Waals surface area contributed by atoms with Crippen molar-refractivity contribution in [2.24, 2.45) is 4.99 Å². The molecule has 2 aliphatic rings. The largest absolute Gasteiger partial charge is 0.352 e. The summed E-state index contributed by atoms with van der Waals surface area (Å²) in [5, 5.41) is 6.86. The Bertz CT molecular complexity index is 744. The summed E-state index contributed by atoms with van der Waals surface area (Å²) in [6, 6.07) is 7.08. The van der Waals surface area contributed by atoms with E-state index in [0.29, 0.717) is 12.1 Å². The summed E-state index contributed by atoms with van der Waals surface area (Å²) in [7, 11) is -2.93. The maximum Gasteiger partial charge on any atom is 0.251 e. The number of fused-ring (bicyclic) bond motifs is 1. The molecule has 0 saturated carbocycles. The fraction of sp³-hybridized carbons (Fsp3) is 0.500. The standard InChI is InChI=1S/C16H21N3O3S2/c1-2-3-8-17-15(20)11-4-6-12(7-5-11)18-16-19-13-9-24(21,22)10-14(13)23-16/h4-7,13-14H,2-3,8-10H2,1H3,(H,17,20)(H,18,19)/t13-,14+/m0/s1. The Morgan fingerprint density at radius 3 is 2.71 bits per heavy atom. The van der Waals surface area contributed by atoms with Gasteiger partial charge in [0.1, 0.15) is 0 Å². The molecule has 0 spiro atoms. The minimum Gasteiger partial charge on any atom is -0.352 e. The van der Waals surface area contributed by atoms with E-state index in [4.69, 9.17) is 0 Å². The van der Waals surface area contributed by atoms with Crippen LogP contribution in [0, 0.1) is 0 Å². The average Bonchev–Trinajstić information content (AvgIpc) is 3.00. The smallest absolute Gasteiger partial charge is 0.251 e.